The van der Waals surface area contributed by atoms with Gasteiger partial charge in [-0.25, -0.2) is 4.79 Å². The fourth-order valence-electron chi connectivity index (χ4n) is 1.50. The summed E-state index contributed by atoms with van der Waals surface area (Å²) in [5.74, 6) is -1.48. The van der Waals surface area contributed by atoms with Crippen LogP contribution >= 0.6 is 11.6 Å². The Morgan fingerprint density at radius 2 is 2.20 bits per heavy atom. The molecular formula is C11H8ClN3O5. The molecule has 0 amide bonds. The summed E-state index contributed by atoms with van der Waals surface area (Å²) in [6.45, 7) is 1.73. The SMILES string of the molecule is Cc1cc(Oc2c(Cl)cc([N+](=O)[O-])cc2C(=O)O)n[nH]1. The minimum absolute atomic E-state index is 0.112. The second kappa shape index (κ2) is 5.17. The third kappa shape index (κ3) is 2.69. The molecule has 0 aliphatic carbocycles. The van der Waals surface area contributed by atoms with Crippen molar-refractivity contribution in [1.29, 1.82) is 0 Å². The van der Waals surface area contributed by atoms with Gasteiger partial charge in [-0.15, -0.1) is 5.10 Å². The number of rotatable bonds is 4. The molecule has 2 rings (SSSR count). The predicted molar refractivity (Wildman–Crippen MR) is 68.5 cm³/mol. The van der Waals surface area contributed by atoms with Crippen LogP contribution in [0.2, 0.25) is 5.02 Å². The van der Waals surface area contributed by atoms with E-state index in [4.69, 9.17) is 21.4 Å². The van der Waals surface area contributed by atoms with E-state index in [0.29, 0.717) is 5.69 Å². The van der Waals surface area contributed by atoms with Crippen molar-refractivity contribution in [2.45, 2.75) is 6.92 Å². The summed E-state index contributed by atoms with van der Waals surface area (Å²) < 4.78 is 5.28. The number of non-ortho nitro benzene ring substituents is 1. The van der Waals surface area contributed by atoms with Gasteiger partial charge in [0.25, 0.3) is 5.69 Å². The Balaban J connectivity index is 2.51. The van der Waals surface area contributed by atoms with Gasteiger partial charge in [-0.3, -0.25) is 15.2 Å². The molecule has 1 heterocycles. The number of aromatic nitrogens is 2. The van der Waals surface area contributed by atoms with E-state index in [1.165, 1.54) is 6.07 Å². The van der Waals surface area contributed by atoms with Crippen molar-refractivity contribution in [2.24, 2.45) is 0 Å². The number of nitro groups is 1. The maximum Gasteiger partial charge on any atom is 0.339 e. The number of nitro benzene ring substituents is 1. The highest BCUT2D eigenvalue weighted by Gasteiger charge is 2.22. The van der Waals surface area contributed by atoms with Crippen LogP contribution < -0.4 is 4.74 Å². The molecule has 1 aromatic carbocycles. The molecule has 20 heavy (non-hydrogen) atoms. The second-order valence-electron chi connectivity index (χ2n) is 3.86. The summed E-state index contributed by atoms with van der Waals surface area (Å²) in [5.41, 5.74) is -0.141. The van der Waals surface area contributed by atoms with Crippen LogP contribution in [0.3, 0.4) is 0 Å². The Labute approximate surface area is 117 Å². The molecule has 0 atom stereocenters. The number of carbonyl (C=O) groups is 1. The zero-order valence-corrected chi connectivity index (χ0v) is 10.8. The minimum Gasteiger partial charge on any atom is -0.478 e. The predicted octanol–water partition coefficient (Wildman–Crippen LogP) is 2.77. The monoisotopic (exact) mass is 297 g/mol. The van der Waals surface area contributed by atoms with Gasteiger partial charge in [-0.1, -0.05) is 11.6 Å². The molecule has 9 heteroatoms. The average Bonchev–Trinajstić information content (AvgIpc) is 2.76. The molecule has 104 valence electrons. The quantitative estimate of drug-likeness (QED) is 0.661. The number of ether oxygens (including phenoxy) is 1. The van der Waals surface area contributed by atoms with Gasteiger partial charge < -0.3 is 9.84 Å². The summed E-state index contributed by atoms with van der Waals surface area (Å²) in [6.07, 6.45) is 0. The molecule has 0 unspecified atom stereocenters. The Kier molecular flexibility index (Phi) is 3.57. The molecule has 0 saturated carbocycles. The topological polar surface area (TPSA) is 118 Å². The van der Waals surface area contributed by atoms with Crippen molar-refractivity contribution >= 4 is 23.3 Å². The van der Waals surface area contributed by atoms with Gasteiger partial charge in [-0.2, -0.15) is 0 Å². The smallest absolute Gasteiger partial charge is 0.339 e. The largest absolute Gasteiger partial charge is 0.478 e. The van der Waals surface area contributed by atoms with E-state index in [1.807, 2.05) is 0 Å². The number of nitrogens with one attached hydrogen (secondary N) is 1. The molecule has 2 N–H and O–H groups in total. The van der Waals surface area contributed by atoms with Crippen LogP contribution in [0.4, 0.5) is 5.69 Å². The normalized spacial score (nSPS) is 10.3. The van der Waals surface area contributed by atoms with Crippen LogP contribution in [0.1, 0.15) is 16.1 Å². The van der Waals surface area contributed by atoms with Gasteiger partial charge in [0.15, 0.2) is 5.75 Å². The minimum atomic E-state index is -1.39. The summed E-state index contributed by atoms with van der Waals surface area (Å²) in [6, 6.07) is 3.43. The molecule has 0 saturated heterocycles. The lowest BCUT2D eigenvalue weighted by Crippen LogP contribution is -2.02. The van der Waals surface area contributed by atoms with Gasteiger partial charge in [0.05, 0.1) is 9.95 Å². The van der Waals surface area contributed by atoms with Crippen molar-refractivity contribution in [2.75, 3.05) is 0 Å². The van der Waals surface area contributed by atoms with Crippen molar-refractivity contribution < 1.29 is 19.6 Å². The number of nitrogens with zero attached hydrogens (tertiary/aromatic N) is 2. The maximum atomic E-state index is 11.2. The standard InChI is InChI=1S/C11H8ClN3O5/c1-5-2-9(14-13-5)20-10-7(11(16)17)3-6(15(18)19)4-8(10)12/h2-4H,1H3,(H,13,14)(H,16,17). The third-order valence-corrected chi connectivity index (χ3v) is 2.64. The molecule has 8 nitrogen and oxygen atoms in total. The van der Waals surface area contributed by atoms with Crippen LogP contribution in [0.15, 0.2) is 18.2 Å². The molecule has 0 spiro atoms. The second-order valence-corrected chi connectivity index (χ2v) is 4.26. The van der Waals surface area contributed by atoms with E-state index in [1.54, 1.807) is 6.92 Å². The highest BCUT2D eigenvalue weighted by Crippen LogP contribution is 2.36. The highest BCUT2D eigenvalue weighted by molar-refractivity contribution is 6.33. The third-order valence-electron chi connectivity index (χ3n) is 2.36. The number of aromatic carboxylic acids is 1. The first-order chi connectivity index (χ1) is 9.38. The van der Waals surface area contributed by atoms with Crippen LogP contribution in [-0.4, -0.2) is 26.2 Å². The van der Waals surface area contributed by atoms with Gasteiger partial charge >= 0.3 is 5.97 Å². The Hall–Kier alpha value is -2.61. The van der Waals surface area contributed by atoms with E-state index in [9.17, 15) is 14.9 Å². The number of carboxylic acids is 1. The zero-order valence-electron chi connectivity index (χ0n) is 10.1. The molecular weight excluding hydrogens is 290 g/mol. The van der Waals surface area contributed by atoms with Crippen molar-refractivity contribution in [3.8, 4) is 11.6 Å². The number of benzene rings is 1. The number of aryl methyl sites for hydroxylation is 1. The van der Waals surface area contributed by atoms with Gasteiger partial charge in [0, 0.05) is 23.9 Å². The first-order valence-corrected chi connectivity index (χ1v) is 5.67. The van der Waals surface area contributed by atoms with Gasteiger partial charge in [-0.05, 0) is 6.92 Å². The molecule has 0 fully saturated rings. The van der Waals surface area contributed by atoms with Crippen LogP contribution in [0.25, 0.3) is 0 Å². The zero-order chi connectivity index (χ0) is 14.9. The highest BCUT2D eigenvalue weighted by atomic mass is 35.5. The van der Waals surface area contributed by atoms with Crippen molar-refractivity contribution in [3.63, 3.8) is 0 Å². The number of hydrogen-bond donors (Lipinski definition) is 2. The Bertz CT molecular complexity index is 697. The fourth-order valence-corrected chi connectivity index (χ4v) is 1.75. The summed E-state index contributed by atoms with van der Waals surface area (Å²) in [7, 11) is 0. The molecule has 0 radical (unpaired) electrons. The van der Waals surface area contributed by atoms with Crippen LogP contribution in [0.5, 0.6) is 11.6 Å². The Morgan fingerprint density at radius 1 is 1.50 bits per heavy atom. The van der Waals surface area contributed by atoms with Gasteiger partial charge in [0.2, 0.25) is 5.88 Å². The molecule has 1 aromatic heterocycles. The number of aromatic amines is 1. The van der Waals surface area contributed by atoms with Crippen LogP contribution in [0, 0.1) is 17.0 Å². The van der Waals surface area contributed by atoms with E-state index in [2.05, 4.69) is 10.2 Å². The van der Waals surface area contributed by atoms with Crippen LogP contribution in [-0.2, 0) is 0 Å². The number of hydrogen-bond acceptors (Lipinski definition) is 5. The van der Waals surface area contributed by atoms with Gasteiger partial charge in [0.1, 0.15) is 5.56 Å². The maximum absolute atomic E-state index is 11.2. The molecule has 0 aliphatic heterocycles. The fraction of sp³-hybridized carbons (Fsp3) is 0.0909. The molecule has 0 bridgehead atoms. The lowest BCUT2D eigenvalue weighted by atomic mass is 10.2. The Morgan fingerprint density at radius 3 is 2.70 bits per heavy atom. The van der Waals surface area contributed by atoms with E-state index in [-0.39, 0.29) is 16.7 Å². The summed E-state index contributed by atoms with van der Waals surface area (Å²) >= 11 is 5.85. The van der Waals surface area contributed by atoms with E-state index in [0.717, 1.165) is 12.1 Å². The van der Waals surface area contributed by atoms with E-state index < -0.39 is 22.1 Å². The first-order valence-electron chi connectivity index (χ1n) is 5.29. The van der Waals surface area contributed by atoms with Crippen molar-refractivity contribution in [1.82, 2.24) is 10.2 Å². The lowest BCUT2D eigenvalue weighted by molar-refractivity contribution is -0.384. The van der Waals surface area contributed by atoms with E-state index >= 15 is 0 Å². The summed E-state index contributed by atoms with van der Waals surface area (Å²) in [5, 5.41) is 26.0. The number of carboxylic acid groups (broad SMARTS) is 1. The number of halogens is 1. The first kappa shape index (κ1) is 13.8. The summed E-state index contributed by atoms with van der Waals surface area (Å²) in [4.78, 5) is 21.1. The molecule has 2 aromatic rings. The lowest BCUT2D eigenvalue weighted by Gasteiger charge is -2.08. The van der Waals surface area contributed by atoms with Crippen molar-refractivity contribution in [3.05, 3.63) is 44.6 Å². The molecule has 0 aliphatic rings. The average molecular weight is 298 g/mol. The number of H-pyrrole nitrogens is 1.